The number of anilines is 1. The number of nitrogens with one attached hydrogen (secondary N) is 1. The molecule has 5 nitrogen and oxygen atoms in total. The Morgan fingerprint density at radius 1 is 1.00 bits per heavy atom. The summed E-state index contributed by atoms with van der Waals surface area (Å²) in [7, 11) is 0. The Morgan fingerprint density at radius 3 is 2.29 bits per heavy atom. The van der Waals surface area contributed by atoms with Crippen molar-refractivity contribution in [3.8, 4) is 17.1 Å². The molecule has 0 aliphatic heterocycles. The number of carbonyl (C=O) groups excluding carboxylic acids is 1. The summed E-state index contributed by atoms with van der Waals surface area (Å²) in [5, 5.41) is 3.08. The van der Waals surface area contributed by atoms with Crippen molar-refractivity contribution in [3.63, 3.8) is 0 Å². The number of halogens is 1. The molecule has 1 unspecified atom stereocenters. The highest BCUT2D eigenvalue weighted by Crippen LogP contribution is 2.33. The maximum atomic E-state index is 13.5. The van der Waals surface area contributed by atoms with E-state index in [-0.39, 0.29) is 22.4 Å². The summed E-state index contributed by atoms with van der Waals surface area (Å²) in [6, 6.07) is 20.1. The van der Waals surface area contributed by atoms with Crippen molar-refractivity contribution in [3.05, 3.63) is 94.4 Å². The van der Waals surface area contributed by atoms with Crippen LogP contribution in [-0.4, -0.2) is 12.0 Å². The van der Waals surface area contributed by atoms with Crippen molar-refractivity contribution in [2.24, 2.45) is 0 Å². The molecule has 0 spiro atoms. The lowest BCUT2D eigenvalue weighted by Crippen LogP contribution is -2.34. The first-order valence-electron chi connectivity index (χ1n) is 11.6. The van der Waals surface area contributed by atoms with E-state index in [1.54, 1.807) is 31.2 Å². The SMILES string of the molecule is CCC(Oc1c(-c2ccc(C(C)(C)C)cc2)oc2ccccc2c1=O)C(=O)Nc1ccc(F)cc1. The van der Waals surface area contributed by atoms with Gasteiger partial charge >= 0.3 is 0 Å². The zero-order chi connectivity index (χ0) is 25.2. The minimum Gasteiger partial charge on any atom is -0.473 e. The van der Waals surface area contributed by atoms with Crippen LogP contribution in [0.2, 0.25) is 0 Å². The van der Waals surface area contributed by atoms with Gasteiger partial charge in [-0.1, -0.05) is 64.1 Å². The van der Waals surface area contributed by atoms with Crippen LogP contribution in [0.4, 0.5) is 10.1 Å². The second kappa shape index (κ2) is 9.74. The molecule has 0 bridgehead atoms. The van der Waals surface area contributed by atoms with E-state index in [4.69, 9.17) is 9.15 Å². The molecule has 4 aromatic rings. The van der Waals surface area contributed by atoms with Gasteiger partial charge in [-0.2, -0.15) is 0 Å². The fourth-order valence-corrected chi connectivity index (χ4v) is 3.76. The first-order chi connectivity index (χ1) is 16.7. The monoisotopic (exact) mass is 473 g/mol. The molecule has 0 saturated carbocycles. The van der Waals surface area contributed by atoms with Crippen molar-refractivity contribution < 1.29 is 18.3 Å². The summed E-state index contributed by atoms with van der Waals surface area (Å²) in [6.45, 7) is 8.16. The van der Waals surface area contributed by atoms with Crippen molar-refractivity contribution >= 4 is 22.6 Å². The molecule has 35 heavy (non-hydrogen) atoms. The molecule has 1 aromatic heterocycles. The number of rotatable bonds is 6. The van der Waals surface area contributed by atoms with Crippen LogP contribution in [-0.2, 0) is 10.2 Å². The molecule has 1 N–H and O–H groups in total. The van der Waals surface area contributed by atoms with Crippen LogP contribution in [0.15, 0.2) is 82.0 Å². The second-order valence-electron chi connectivity index (χ2n) is 9.42. The van der Waals surface area contributed by atoms with Crippen LogP contribution in [0.1, 0.15) is 39.7 Å². The van der Waals surface area contributed by atoms with E-state index in [0.29, 0.717) is 28.6 Å². The number of hydrogen-bond donors (Lipinski definition) is 1. The van der Waals surface area contributed by atoms with E-state index in [9.17, 15) is 14.0 Å². The van der Waals surface area contributed by atoms with Crippen LogP contribution in [0.3, 0.4) is 0 Å². The number of benzene rings is 3. The lowest BCUT2D eigenvalue weighted by molar-refractivity contribution is -0.122. The third-order valence-corrected chi connectivity index (χ3v) is 5.80. The maximum Gasteiger partial charge on any atom is 0.265 e. The van der Waals surface area contributed by atoms with Gasteiger partial charge in [0.25, 0.3) is 5.91 Å². The number of para-hydroxylation sites is 1. The van der Waals surface area contributed by atoms with Crippen molar-refractivity contribution in [2.75, 3.05) is 5.32 Å². The number of carbonyl (C=O) groups is 1. The van der Waals surface area contributed by atoms with Gasteiger partial charge in [-0.15, -0.1) is 0 Å². The smallest absolute Gasteiger partial charge is 0.265 e. The molecule has 1 heterocycles. The third-order valence-electron chi connectivity index (χ3n) is 5.80. The zero-order valence-corrected chi connectivity index (χ0v) is 20.2. The highest BCUT2D eigenvalue weighted by molar-refractivity contribution is 5.94. The van der Waals surface area contributed by atoms with E-state index in [1.807, 2.05) is 24.3 Å². The molecule has 1 amide bonds. The molecule has 6 heteroatoms. The lowest BCUT2D eigenvalue weighted by Gasteiger charge is -2.20. The third kappa shape index (κ3) is 5.27. The minimum absolute atomic E-state index is 0.0201. The van der Waals surface area contributed by atoms with E-state index in [1.165, 1.54) is 24.3 Å². The van der Waals surface area contributed by atoms with Gasteiger partial charge in [0.1, 0.15) is 11.4 Å². The van der Waals surface area contributed by atoms with Gasteiger partial charge < -0.3 is 14.5 Å². The molecule has 0 fully saturated rings. The predicted molar refractivity (Wildman–Crippen MR) is 136 cm³/mol. The molecule has 0 saturated heterocycles. The fraction of sp³-hybridized carbons (Fsp3) is 0.241. The van der Waals surface area contributed by atoms with Crippen LogP contribution >= 0.6 is 0 Å². The maximum absolute atomic E-state index is 13.5. The van der Waals surface area contributed by atoms with Gasteiger partial charge in [0.05, 0.1) is 5.39 Å². The fourth-order valence-electron chi connectivity index (χ4n) is 3.76. The Hall–Kier alpha value is -3.93. The van der Waals surface area contributed by atoms with Crippen LogP contribution in [0, 0.1) is 5.82 Å². The largest absolute Gasteiger partial charge is 0.473 e. The average molecular weight is 474 g/mol. The van der Waals surface area contributed by atoms with E-state index in [2.05, 4.69) is 26.1 Å². The van der Waals surface area contributed by atoms with E-state index >= 15 is 0 Å². The number of ether oxygens (including phenoxy) is 1. The zero-order valence-electron chi connectivity index (χ0n) is 20.2. The number of fused-ring (bicyclic) bond motifs is 1. The Morgan fingerprint density at radius 2 is 1.66 bits per heavy atom. The Labute approximate surface area is 203 Å². The first kappa shape index (κ1) is 24.2. The normalized spacial score (nSPS) is 12.4. The molecule has 0 radical (unpaired) electrons. The predicted octanol–water partition coefficient (Wildman–Crippen LogP) is 6.69. The number of amides is 1. The quantitative estimate of drug-likeness (QED) is 0.339. The van der Waals surface area contributed by atoms with Crippen LogP contribution in [0.5, 0.6) is 5.75 Å². The molecule has 1 atom stereocenters. The second-order valence-corrected chi connectivity index (χ2v) is 9.42. The highest BCUT2D eigenvalue weighted by atomic mass is 19.1. The molecule has 180 valence electrons. The van der Waals surface area contributed by atoms with E-state index < -0.39 is 17.8 Å². The summed E-state index contributed by atoms with van der Waals surface area (Å²) in [6.07, 6.45) is -0.654. The van der Waals surface area contributed by atoms with Crippen molar-refractivity contribution in [1.29, 1.82) is 0 Å². The molecule has 0 aliphatic rings. The van der Waals surface area contributed by atoms with Crippen LogP contribution in [0.25, 0.3) is 22.3 Å². The first-order valence-corrected chi connectivity index (χ1v) is 11.6. The summed E-state index contributed by atoms with van der Waals surface area (Å²) in [4.78, 5) is 26.4. The molecule has 4 rings (SSSR count). The summed E-state index contributed by atoms with van der Waals surface area (Å²) < 4.78 is 25.4. The Balaban J connectivity index is 1.75. The van der Waals surface area contributed by atoms with Crippen molar-refractivity contribution in [2.45, 2.75) is 45.6 Å². The van der Waals surface area contributed by atoms with Gasteiger partial charge in [-0.05, 0) is 53.8 Å². The van der Waals surface area contributed by atoms with Gasteiger partial charge in [-0.3, -0.25) is 9.59 Å². The lowest BCUT2D eigenvalue weighted by atomic mass is 9.86. The molecular formula is C29H28FNO4. The van der Waals surface area contributed by atoms with Gasteiger partial charge in [0.15, 0.2) is 11.9 Å². The topological polar surface area (TPSA) is 68.5 Å². The highest BCUT2D eigenvalue weighted by Gasteiger charge is 2.25. The minimum atomic E-state index is -0.961. The molecule has 0 aliphatic carbocycles. The Kier molecular flexibility index (Phi) is 6.74. The summed E-state index contributed by atoms with van der Waals surface area (Å²) >= 11 is 0. The summed E-state index contributed by atoms with van der Waals surface area (Å²) in [5.41, 5.74) is 2.29. The van der Waals surface area contributed by atoms with Gasteiger partial charge in [-0.25, -0.2) is 4.39 Å². The average Bonchev–Trinajstić information content (AvgIpc) is 2.84. The van der Waals surface area contributed by atoms with Crippen LogP contribution < -0.4 is 15.5 Å². The molecular weight excluding hydrogens is 445 g/mol. The summed E-state index contributed by atoms with van der Waals surface area (Å²) in [5.74, 6) is -0.599. The standard InChI is InChI=1S/C29H28FNO4/c1-5-23(28(33)31-21-16-14-20(30)15-17-21)34-27-25(32)22-8-6-7-9-24(22)35-26(27)18-10-12-19(13-11-18)29(2,3)4/h6-17,23H,5H2,1-4H3,(H,31,33). The van der Waals surface area contributed by atoms with Gasteiger partial charge in [0, 0.05) is 11.3 Å². The van der Waals surface area contributed by atoms with Crippen molar-refractivity contribution in [1.82, 2.24) is 0 Å². The number of hydrogen-bond acceptors (Lipinski definition) is 4. The van der Waals surface area contributed by atoms with Gasteiger partial charge in [0.2, 0.25) is 11.2 Å². The van der Waals surface area contributed by atoms with E-state index in [0.717, 1.165) is 5.56 Å². The molecule has 3 aromatic carbocycles. The Bertz CT molecular complexity index is 1400.